The summed E-state index contributed by atoms with van der Waals surface area (Å²) >= 11 is 2.14. The molecule has 2 aliphatic heterocycles. The first kappa shape index (κ1) is 30.4. The van der Waals surface area contributed by atoms with Crippen LogP contribution in [-0.2, 0) is 29.6 Å². The van der Waals surface area contributed by atoms with Crippen LogP contribution < -0.4 is 5.32 Å². The van der Waals surface area contributed by atoms with E-state index in [0.717, 1.165) is 14.7 Å². The van der Waals surface area contributed by atoms with E-state index >= 15 is 0 Å². The smallest absolute Gasteiger partial charge is 0.338 e. The summed E-state index contributed by atoms with van der Waals surface area (Å²) in [6, 6.07) is 25.6. The minimum atomic E-state index is -1.31. The highest BCUT2D eigenvalue weighted by Crippen LogP contribution is 2.47. The molecule has 6 rings (SSSR count). The predicted octanol–water partition coefficient (Wildman–Crippen LogP) is 3.93. The van der Waals surface area contributed by atoms with Crippen LogP contribution in [0.1, 0.15) is 40.7 Å². The van der Waals surface area contributed by atoms with E-state index in [4.69, 9.17) is 19.3 Å². The molecule has 44 heavy (non-hydrogen) atoms. The largest absolute Gasteiger partial charge is 0.456 e. The number of aliphatic hydroxyl groups excluding tert-OH is 1. The highest BCUT2D eigenvalue weighted by atomic mass is 127. The molecule has 2 heterocycles. The number of rotatable bonds is 8. The second-order valence-corrected chi connectivity index (χ2v) is 12.3. The van der Waals surface area contributed by atoms with Gasteiger partial charge in [0.15, 0.2) is 0 Å². The van der Waals surface area contributed by atoms with Gasteiger partial charge in [0.05, 0.1) is 12.2 Å². The zero-order valence-electron chi connectivity index (χ0n) is 23.9. The number of likely N-dealkylation sites (tertiary alicyclic amines) is 1. The molecule has 0 aromatic heterocycles. The van der Waals surface area contributed by atoms with Crippen molar-refractivity contribution < 1.29 is 33.7 Å². The Morgan fingerprint density at radius 2 is 1.68 bits per heavy atom. The molecule has 0 bridgehead atoms. The fourth-order valence-electron chi connectivity index (χ4n) is 6.17. The van der Waals surface area contributed by atoms with Crippen LogP contribution in [0.5, 0.6) is 0 Å². The van der Waals surface area contributed by atoms with Gasteiger partial charge in [0.25, 0.3) is 0 Å². The lowest BCUT2D eigenvalue weighted by molar-refractivity contribution is -0.157. The van der Waals surface area contributed by atoms with Crippen molar-refractivity contribution in [1.82, 2.24) is 10.2 Å². The van der Waals surface area contributed by atoms with Crippen molar-refractivity contribution in [2.75, 3.05) is 19.7 Å². The van der Waals surface area contributed by atoms with Gasteiger partial charge in [0.2, 0.25) is 17.6 Å². The Kier molecular flexibility index (Phi) is 9.13. The number of hydrogen-bond acceptors (Lipinski definition) is 7. The van der Waals surface area contributed by atoms with Crippen LogP contribution in [0.2, 0.25) is 0 Å². The Balaban J connectivity index is 1.36. The van der Waals surface area contributed by atoms with Crippen LogP contribution >= 0.6 is 22.6 Å². The molecule has 3 aromatic rings. The van der Waals surface area contributed by atoms with Gasteiger partial charge in [-0.3, -0.25) is 9.59 Å². The molecule has 4 atom stereocenters. The van der Waals surface area contributed by atoms with Gasteiger partial charge in [-0.25, -0.2) is 4.79 Å². The molecule has 9 nitrogen and oxygen atoms in total. The standard InChI is InChI=1S/C34H33IN2O7/c35-26-14-7-9-22(19-26)33(41)42-28-20-23(32(40)37-17-8-15-27(37)31(39)36-16-18-38)21-29-30(28)44-34(43-29,24-10-3-1-4-11-24)25-12-5-2-6-13-25/h1-7,9-14,19,21,27-30,38H,8,15-18,20H2,(H,36,39). The van der Waals surface area contributed by atoms with E-state index in [0.29, 0.717) is 30.5 Å². The van der Waals surface area contributed by atoms with E-state index in [9.17, 15) is 14.4 Å². The number of esters is 1. The van der Waals surface area contributed by atoms with E-state index in [1.807, 2.05) is 66.7 Å². The monoisotopic (exact) mass is 708 g/mol. The van der Waals surface area contributed by atoms with Gasteiger partial charge < -0.3 is 29.5 Å². The Labute approximate surface area is 269 Å². The van der Waals surface area contributed by atoms with E-state index in [2.05, 4.69) is 27.9 Å². The first-order chi connectivity index (χ1) is 21.4. The van der Waals surface area contributed by atoms with E-state index in [1.165, 1.54) is 0 Å². The van der Waals surface area contributed by atoms with Crippen molar-refractivity contribution in [2.45, 2.75) is 49.4 Å². The topological polar surface area (TPSA) is 114 Å². The Morgan fingerprint density at radius 3 is 2.34 bits per heavy atom. The van der Waals surface area contributed by atoms with Crippen LogP contribution in [-0.4, -0.2) is 71.8 Å². The average molecular weight is 709 g/mol. The van der Waals surface area contributed by atoms with Crippen LogP contribution in [0.15, 0.2) is 96.6 Å². The molecule has 2 amide bonds. The number of carbonyl (C=O) groups excluding carboxylic acids is 3. The van der Waals surface area contributed by atoms with Gasteiger partial charge in [0, 0.05) is 39.8 Å². The average Bonchev–Trinajstić information content (AvgIpc) is 3.71. The molecular weight excluding hydrogens is 675 g/mol. The first-order valence-electron chi connectivity index (χ1n) is 14.7. The van der Waals surface area contributed by atoms with Crippen molar-refractivity contribution in [2.24, 2.45) is 0 Å². The maximum atomic E-state index is 14.0. The van der Waals surface area contributed by atoms with Gasteiger partial charge in [-0.05, 0) is 59.7 Å². The molecule has 1 aliphatic carbocycles. The Bertz CT molecular complexity index is 1510. The number of nitrogens with one attached hydrogen (secondary N) is 1. The minimum absolute atomic E-state index is 0.0974. The molecule has 228 valence electrons. The summed E-state index contributed by atoms with van der Waals surface area (Å²) in [4.78, 5) is 41.8. The summed E-state index contributed by atoms with van der Waals surface area (Å²) in [6.45, 7) is 0.353. The number of amides is 2. The van der Waals surface area contributed by atoms with Gasteiger partial charge in [-0.1, -0.05) is 66.7 Å². The molecule has 2 N–H and O–H groups in total. The third-order valence-electron chi connectivity index (χ3n) is 8.21. The molecule has 3 aliphatic rings. The Morgan fingerprint density at radius 1 is 0.977 bits per heavy atom. The summed E-state index contributed by atoms with van der Waals surface area (Å²) in [5.74, 6) is -2.43. The molecular formula is C34H33IN2O7. The number of carbonyl (C=O) groups is 3. The van der Waals surface area contributed by atoms with Crippen molar-refractivity contribution in [3.05, 3.63) is 117 Å². The van der Waals surface area contributed by atoms with Crippen molar-refractivity contribution in [1.29, 1.82) is 0 Å². The van der Waals surface area contributed by atoms with Crippen molar-refractivity contribution in [3.63, 3.8) is 0 Å². The van der Waals surface area contributed by atoms with Crippen molar-refractivity contribution >= 4 is 40.4 Å². The zero-order valence-corrected chi connectivity index (χ0v) is 26.1. The van der Waals surface area contributed by atoms with Crippen LogP contribution in [0.3, 0.4) is 0 Å². The minimum Gasteiger partial charge on any atom is -0.456 e. The molecule has 10 heteroatoms. The zero-order chi connectivity index (χ0) is 30.7. The van der Waals surface area contributed by atoms with Gasteiger partial charge in [-0.15, -0.1) is 0 Å². The summed E-state index contributed by atoms with van der Waals surface area (Å²) < 4.78 is 20.6. The molecule has 2 fully saturated rings. The highest BCUT2D eigenvalue weighted by Gasteiger charge is 2.55. The van der Waals surface area contributed by atoms with Gasteiger partial charge in [0.1, 0.15) is 24.4 Å². The van der Waals surface area contributed by atoms with Gasteiger partial charge in [-0.2, -0.15) is 0 Å². The van der Waals surface area contributed by atoms with Crippen LogP contribution in [0, 0.1) is 3.57 Å². The third-order valence-corrected chi connectivity index (χ3v) is 8.88. The fraction of sp³-hybridized carbons (Fsp3) is 0.324. The molecule has 0 saturated carbocycles. The lowest BCUT2D eigenvalue weighted by Crippen LogP contribution is -2.49. The van der Waals surface area contributed by atoms with E-state index < -0.39 is 36.1 Å². The molecule has 0 spiro atoms. The number of aliphatic hydroxyl groups is 1. The van der Waals surface area contributed by atoms with Gasteiger partial charge >= 0.3 is 5.97 Å². The lowest BCUT2D eigenvalue weighted by atomic mass is 9.91. The molecule has 2 saturated heterocycles. The third kappa shape index (κ3) is 6.03. The fourth-order valence-corrected chi connectivity index (χ4v) is 6.71. The molecule has 4 unspecified atom stereocenters. The molecule has 3 aromatic carbocycles. The first-order valence-corrected chi connectivity index (χ1v) is 15.8. The predicted molar refractivity (Wildman–Crippen MR) is 169 cm³/mol. The number of halogens is 1. The van der Waals surface area contributed by atoms with Crippen LogP contribution in [0.4, 0.5) is 0 Å². The highest BCUT2D eigenvalue weighted by molar-refractivity contribution is 14.1. The van der Waals surface area contributed by atoms with E-state index in [1.54, 1.807) is 29.2 Å². The maximum Gasteiger partial charge on any atom is 0.338 e. The number of ether oxygens (including phenoxy) is 3. The quantitative estimate of drug-likeness (QED) is 0.270. The molecule has 0 radical (unpaired) electrons. The van der Waals surface area contributed by atoms with E-state index in [-0.39, 0.29) is 31.4 Å². The summed E-state index contributed by atoms with van der Waals surface area (Å²) in [7, 11) is 0. The van der Waals surface area contributed by atoms with Crippen LogP contribution in [0.25, 0.3) is 0 Å². The summed E-state index contributed by atoms with van der Waals surface area (Å²) in [5.41, 5.74) is 2.33. The normalized spacial score (nSPS) is 23.9. The summed E-state index contributed by atoms with van der Waals surface area (Å²) in [5, 5.41) is 11.8. The lowest BCUT2D eigenvalue weighted by Gasteiger charge is -2.33. The number of fused-ring (bicyclic) bond motifs is 1. The number of nitrogens with zero attached hydrogens (tertiary/aromatic N) is 1. The summed E-state index contributed by atoms with van der Waals surface area (Å²) in [6.07, 6.45) is 0.795. The SMILES string of the molecule is O=C(OC1CC(C(=O)N2CCCC2C(=O)NCCO)=CC2OC(c3ccccc3)(c3ccccc3)OC21)c1cccc(I)c1. The maximum absolute atomic E-state index is 14.0. The van der Waals surface area contributed by atoms with Crippen molar-refractivity contribution in [3.8, 4) is 0 Å². The number of hydrogen-bond donors (Lipinski definition) is 2. The number of benzene rings is 3. The second-order valence-electron chi connectivity index (χ2n) is 11.0. The Hall–Kier alpha value is -3.58. The second kappa shape index (κ2) is 13.2.